The molecule has 1 amide bonds. The normalized spacial score (nSPS) is 11.1. The van der Waals surface area contributed by atoms with Crippen molar-refractivity contribution in [2.75, 3.05) is 21.2 Å². The van der Waals surface area contributed by atoms with Crippen molar-refractivity contribution in [3.8, 4) is 0 Å². The summed E-state index contributed by atoms with van der Waals surface area (Å²) in [5, 5.41) is 0. The van der Waals surface area contributed by atoms with E-state index in [2.05, 4.69) is 4.18 Å². The summed E-state index contributed by atoms with van der Waals surface area (Å²) in [4.78, 5) is 10.9. The zero-order valence-electron chi connectivity index (χ0n) is 14.8. The van der Waals surface area contributed by atoms with Crippen LogP contribution in [0.15, 0.2) is 24.3 Å². The molecule has 8 nitrogen and oxygen atoms in total. The molecule has 0 saturated heterocycles. The van der Waals surface area contributed by atoms with Gasteiger partial charge in [0.2, 0.25) is 16.8 Å². The lowest BCUT2D eigenvalue weighted by molar-refractivity contribution is -0.667. The quantitative estimate of drug-likeness (QED) is 0.322. The van der Waals surface area contributed by atoms with Gasteiger partial charge in [0.15, 0.2) is 11.0 Å². The number of carbonyl (C=O) groups is 1. The number of nitrogens with zero attached hydrogens (tertiary/aromatic N) is 3. The highest BCUT2D eigenvalue weighted by molar-refractivity contribution is 7.80. The molecule has 12 heteroatoms. The highest BCUT2D eigenvalue weighted by Crippen LogP contribution is 2.28. The van der Waals surface area contributed by atoms with Crippen molar-refractivity contribution in [1.29, 1.82) is 0 Å². The van der Waals surface area contributed by atoms with Crippen molar-refractivity contribution in [2.24, 2.45) is 14.1 Å². The van der Waals surface area contributed by atoms with E-state index in [1.165, 1.54) is 19.0 Å². The van der Waals surface area contributed by atoms with E-state index in [9.17, 15) is 30.9 Å². The maximum Gasteiger partial charge on any atom is 0.495 e. The van der Waals surface area contributed by atoms with Gasteiger partial charge in [-0.1, -0.05) is 12.1 Å². The lowest BCUT2D eigenvalue weighted by Crippen LogP contribution is -2.37. The monoisotopic (exact) mass is 399 g/mol. The molecule has 0 radical (unpaired) electrons. The second-order valence-corrected chi connectivity index (χ2v) is 6.22. The van der Waals surface area contributed by atoms with Crippen LogP contribution >= 0.6 is 0 Å². The molecule has 1 heterocycles. The van der Waals surface area contributed by atoms with E-state index >= 15 is 0 Å². The number of rotatable bonds is 2. The number of hydrogen-bond donors (Lipinski definition) is 0. The van der Waals surface area contributed by atoms with Crippen molar-refractivity contribution < 1.29 is 39.7 Å². The lowest BCUT2D eigenvalue weighted by atomic mass is 10.3. The molecule has 2 aromatic rings. The van der Waals surface area contributed by atoms with Gasteiger partial charge in [0.1, 0.15) is 0 Å². The third-order valence-electron chi connectivity index (χ3n) is 2.91. The Labute approximate surface area is 149 Å². The van der Waals surface area contributed by atoms with Crippen molar-refractivity contribution >= 4 is 27.8 Å². The van der Waals surface area contributed by atoms with Gasteiger partial charge in [0.05, 0.1) is 21.2 Å². The Morgan fingerprint density at radius 1 is 1.27 bits per heavy atom. The molecule has 0 aliphatic heterocycles. The number of fused-ring (bicyclic) bond motifs is 1. The van der Waals surface area contributed by atoms with Crippen LogP contribution < -0.4 is 4.57 Å². The van der Waals surface area contributed by atoms with Crippen LogP contribution in [-0.4, -0.2) is 50.1 Å². The molecule has 1 aromatic heterocycles. The van der Waals surface area contributed by atoms with E-state index in [0.717, 1.165) is 22.7 Å². The third-order valence-corrected chi connectivity index (χ3v) is 3.32. The molecule has 0 N–H and O–H groups in total. The molecule has 1 aromatic carbocycles. The van der Waals surface area contributed by atoms with Gasteiger partial charge in [0, 0.05) is 14.1 Å². The Balaban J connectivity index is 0.000000474. The fraction of sp³-hybridized carbons (Fsp3) is 0.429. The number of para-hydroxylation sites is 2. The minimum Gasteiger partial charge on any atom is -0.726 e. The number of hydrogen-bond acceptors (Lipinski definition) is 5. The second-order valence-electron chi connectivity index (χ2n) is 5.07. The molecule has 0 aliphatic rings. The maximum atomic E-state index is 12.7. The first-order chi connectivity index (χ1) is 11.8. The molecule has 0 saturated carbocycles. The van der Waals surface area contributed by atoms with Crippen LogP contribution in [-0.2, 0) is 39.6 Å². The van der Waals surface area contributed by atoms with Gasteiger partial charge in [0.25, 0.3) is 0 Å². The topological polar surface area (TPSA) is 95.5 Å². The summed E-state index contributed by atoms with van der Waals surface area (Å²) < 4.78 is 71.5. The number of carbonyl (C=O) groups excluding carboxylic acids is 1. The second kappa shape index (κ2) is 9.50. The van der Waals surface area contributed by atoms with Crippen molar-refractivity contribution in [3.63, 3.8) is 0 Å². The SMILES string of the molecule is CN(C)C=O.COS(=O)(=O)[O-].Cn1c(C(F)(F)F)[n+](C)c2ccccc21. The average molecular weight is 399 g/mol. The number of benzene rings is 1. The number of aromatic nitrogens is 2. The molecule has 0 spiro atoms. The molecule has 26 heavy (non-hydrogen) atoms. The highest BCUT2D eigenvalue weighted by atomic mass is 32.3. The minimum atomic E-state index is -4.41. The first kappa shape index (κ1) is 23.8. The fourth-order valence-electron chi connectivity index (χ4n) is 1.86. The van der Waals surface area contributed by atoms with Crippen LogP contribution in [0.4, 0.5) is 13.2 Å². The Hall–Kier alpha value is -2.18. The van der Waals surface area contributed by atoms with Crippen LogP contribution in [0.2, 0.25) is 0 Å². The Morgan fingerprint density at radius 2 is 1.69 bits per heavy atom. The van der Waals surface area contributed by atoms with Gasteiger partial charge in [-0.2, -0.15) is 13.2 Å². The minimum absolute atomic E-state index is 0.576. The zero-order valence-corrected chi connectivity index (χ0v) is 15.6. The summed E-state index contributed by atoms with van der Waals surface area (Å²) in [7, 11) is 2.61. The smallest absolute Gasteiger partial charge is 0.495 e. The molecular weight excluding hydrogens is 379 g/mol. The van der Waals surface area contributed by atoms with Gasteiger partial charge in [-0.25, -0.2) is 17.6 Å². The predicted molar refractivity (Wildman–Crippen MR) is 85.6 cm³/mol. The van der Waals surface area contributed by atoms with Gasteiger partial charge in [-0.05, 0) is 12.1 Å². The molecule has 0 fully saturated rings. The molecule has 0 unspecified atom stereocenters. The Morgan fingerprint density at radius 3 is 2.00 bits per heavy atom. The van der Waals surface area contributed by atoms with E-state index in [-0.39, 0.29) is 0 Å². The molecule has 0 bridgehead atoms. The van der Waals surface area contributed by atoms with Gasteiger partial charge in [-0.15, -0.1) is 0 Å². The van der Waals surface area contributed by atoms with Crippen LogP contribution in [0.5, 0.6) is 0 Å². The van der Waals surface area contributed by atoms with E-state index in [1.54, 1.807) is 38.4 Å². The summed E-state index contributed by atoms with van der Waals surface area (Å²) >= 11 is 0. The van der Waals surface area contributed by atoms with Crippen LogP contribution in [0.3, 0.4) is 0 Å². The number of halogens is 3. The van der Waals surface area contributed by atoms with Crippen molar-refractivity contribution in [1.82, 2.24) is 9.47 Å². The van der Waals surface area contributed by atoms with Crippen LogP contribution in [0.25, 0.3) is 11.0 Å². The van der Waals surface area contributed by atoms with Crippen LogP contribution in [0, 0.1) is 0 Å². The first-order valence-corrected chi connectivity index (χ1v) is 8.23. The van der Waals surface area contributed by atoms with Gasteiger partial charge in [-0.3, -0.25) is 8.98 Å². The summed E-state index contributed by atoms with van der Waals surface area (Å²) in [6.07, 6.45) is -3.58. The predicted octanol–water partition coefficient (Wildman–Crippen LogP) is 0.819. The Kier molecular flexibility index (Phi) is 8.70. The summed E-state index contributed by atoms with van der Waals surface area (Å²) in [6.45, 7) is 0. The number of alkyl halides is 3. The molecule has 0 atom stereocenters. The fourth-order valence-corrected chi connectivity index (χ4v) is 1.86. The van der Waals surface area contributed by atoms with Crippen LogP contribution in [0.1, 0.15) is 5.82 Å². The van der Waals surface area contributed by atoms with Gasteiger partial charge < -0.3 is 9.45 Å². The van der Waals surface area contributed by atoms with Crippen molar-refractivity contribution in [2.45, 2.75) is 6.18 Å². The highest BCUT2D eigenvalue weighted by Gasteiger charge is 2.45. The van der Waals surface area contributed by atoms with E-state index in [0.29, 0.717) is 11.0 Å². The first-order valence-electron chi connectivity index (χ1n) is 6.90. The third kappa shape index (κ3) is 7.37. The number of aryl methyl sites for hydroxylation is 2. The lowest BCUT2D eigenvalue weighted by Gasteiger charge is -2.01. The van der Waals surface area contributed by atoms with E-state index < -0.39 is 22.4 Å². The van der Waals surface area contributed by atoms with Gasteiger partial charge >= 0.3 is 12.0 Å². The number of imidazole rings is 1. The maximum absolute atomic E-state index is 12.7. The zero-order chi connectivity index (χ0) is 20.7. The number of amides is 1. The van der Waals surface area contributed by atoms with E-state index in [1.807, 2.05) is 0 Å². The summed E-state index contributed by atoms with van der Waals surface area (Å²) in [6, 6.07) is 6.79. The summed E-state index contributed by atoms with van der Waals surface area (Å²) in [5.74, 6) is -0.649. The largest absolute Gasteiger partial charge is 0.726 e. The van der Waals surface area contributed by atoms with E-state index in [4.69, 9.17) is 0 Å². The van der Waals surface area contributed by atoms with Crippen molar-refractivity contribution in [3.05, 3.63) is 30.1 Å². The molecule has 0 aliphatic carbocycles. The molecular formula is C14H20F3N3O5S. The molecule has 148 valence electrons. The standard InChI is InChI=1S/C10H10F3N2.C3H7NO.CH4O4S/c1-14-7-5-3-4-6-8(7)15(2)9(14)10(11,12)13;1-4(2)3-5;1-5-6(2,3)4/h3-6H,1-2H3;3H,1-2H3;1H3,(H,2,3,4)/q+1;;/p-1. The Bertz CT molecular complexity index is 793. The summed E-state index contributed by atoms with van der Waals surface area (Å²) in [5.41, 5.74) is 1.15. The molecule has 2 rings (SSSR count). The average Bonchev–Trinajstić information content (AvgIpc) is 2.79.